The first-order valence-electron chi connectivity index (χ1n) is 5.53. The summed E-state index contributed by atoms with van der Waals surface area (Å²) in [5.41, 5.74) is 1.19. The molecular weight excluding hydrogens is 311 g/mol. The van der Waals surface area contributed by atoms with Crippen molar-refractivity contribution in [3.05, 3.63) is 69.8 Å². The molecule has 3 heteroatoms. The fourth-order valence-corrected chi connectivity index (χ4v) is 4.26. The molecule has 0 aliphatic carbocycles. The standard InChI is InChI=1S/C15H9ClOSe/c16-11-7-5-10(6-8-11)15-9-13(17)12-3-1-2-4-14(12)18-15/h1-9H. The Bertz CT molecular complexity index is 759. The van der Waals surface area contributed by atoms with Gasteiger partial charge in [0.05, 0.1) is 0 Å². The Hall–Kier alpha value is -1.34. The van der Waals surface area contributed by atoms with Crippen LogP contribution in [-0.4, -0.2) is 14.5 Å². The summed E-state index contributed by atoms with van der Waals surface area (Å²) in [5, 5.41) is 1.56. The molecule has 18 heavy (non-hydrogen) atoms. The van der Waals surface area contributed by atoms with Crippen molar-refractivity contribution in [2.75, 3.05) is 0 Å². The molecule has 0 amide bonds. The first-order valence-corrected chi connectivity index (χ1v) is 7.62. The van der Waals surface area contributed by atoms with Crippen LogP contribution in [0.2, 0.25) is 5.02 Å². The van der Waals surface area contributed by atoms with Gasteiger partial charge in [0.2, 0.25) is 0 Å². The van der Waals surface area contributed by atoms with E-state index in [2.05, 4.69) is 0 Å². The molecule has 1 nitrogen and oxygen atoms in total. The van der Waals surface area contributed by atoms with Crippen LogP contribution in [0.15, 0.2) is 59.4 Å². The Kier molecular flexibility index (Phi) is 3.09. The van der Waals surface area contributed by atoms with Crippen molar-refractivity contribution in [1.82, 2.24) is 0 Å². The molecule has 88 valence electrons. The Labute approximate surface area is 115 Å². The molecule has 0 spiro atoms. The Morgan fingerprint density at radius 2 is 1.67 bits per heavy atom. The van der Waals surface area contributed by atoms with Gasteiger partial charge in [0.25, 0.3) is 0 Å². The molecule has 0 atom stereocenters. The van der Waals surface area contributed by atoms with Crippen LogP contribution in [0.4, 0.5) is 0 Å². The van der Waals surface area contributed by atoms with E-state index in [1.165, 1.54) is 0 Å². The second-order valence-corrected chi connectivity index (χ2v) is 6.69. The van der Waals surface area contributed by atoms with E-state index >= 15 is 0 Å². The van der Waals surface area contributed by atoms with E-state index < -0.39 is 0 Å². The average Bonchev–Trinajstić information content (AvgIpc) is 2.39. The zero-order chi connectivity index (χ0) is 12.5. The Morgan fingerprint density at radius 3 is 2.44 bits per heavy atom. The van der Waals surface area contributed by atoms with Crippen LogP contribution in [-0.2, 0) is 0 Å². The Balaban J connectivity index is 2.24. The van der Waals surface area contributed by atoms with Crippen molar-refractivity contribution in [2.45, 2.75) is 0 Å². The van der Waals surface area contributed by atoms with Gasteiger partial charge in [-0.15, -0.1) is 0 Å². The topological polar surface area (TPSA) is 17.1 Å². The van der Waals surface area contributed by atoms with E-state index in [0.717, 1.165) is 24.7 Å². The summed E-state index contributed by atoms with van der Waals surface area (Å²) >= 11 is 6.06. The summed E-state index contributed by atoms with van der Waals surface area (Å²) in [6, 6.07) is 17.2. The summed E-state index contributed by atoms with van der Waals surface area (Å²) in [5.74, 6) is 0. The summed E-state index contributed by atoms with van der Waals surface area (Å²) in [4.78, 5) is 12.0. The molecule has 0 N–H and O–H groups in total. The second-order valence-electron chi connectivity index (χ2n) is 3.98. The van der Waals surface area contributed by atoms with Gasteiger partial charge >= 0.3 is 116 Å². The van der Waals surface area contributed by atoms with Gasteiger partial charge in [0.1, 0.15) is 0 Å². The van der Waals surface area contributed by atoms with Crippen LogP contribution in [0.25, 0.3) is 19.6 Å². The predicted molar refractivity (Wildman–Crippen MR) is 77.6 cm³/mol. The molecule has 0 unspecified atom stereocenters. The van der Waals surface area contributed by atoms with Crippen LogP contribution in [0.1, 0.15) is 0 Å². The zero-order valence-corrected chi connectivity index (χ0v) is 11.9. The molecule has 0 bridgehead atoms. The fraction of sp³-hybridized carbons (Fsp3) is 0. The van der Waals surface area contributed by atoms with Crippen LogP contribution in [0.5, 0.6) is 0 Å². The van der Waals surface area contributed by atoms with Crippen molar-refractivity contribution < 1.29 is 0 Å². The van der Waals surface area contributed by atoms with Gasteiger partial charge in [-0.1, -0.05) is 0 Å². The minimum absolute atomic E-state index is 0.101. The average molecular weight is 320 g/mol. The van der Waals surface area contributed by atoms with E-state index in [0.29, 0.717) is 0 Å². The van der Waals surface area contributed by atoms with Crippen molar-refractivity contribution in [3.63, 3.8) is 0 Å². The number of fused-ring (bicyclic) bond motifs is 1. The second kappa shape index (κ2) is 4.73. The molecule has 0 saturated heterocycles. The predicted octanol–water partition coefficient (Wildman–Crippen LogP) is 3.58. The zero-order valence-electron chi connectivity index (χ0n) is 9.39. The maximum absolute atomic E-state index is 12.0. The monoisotopic (exact) mass is 320 g/mol. The molecule has 1 aromatic heterocycles. The number of benzene rings is 2. The molecular formula is C15H9ClOSe. The van der Waals surface area contributed by atoms with E-state index in [1.807, 2.05) is 48.5 Å². The molecule has 1 heterocycles. The quantitative estimate of drug-likeness (QED) is 0.627. The molecule has 0 saturated carbocycles. The van der Waals surface area contributed by atoms with Gasteiger partial charge in [0.15, 0.2) is 0 Å². The molecule has 0 aliphatic heterocycles. The van der Waals surface area contributed by atoms with Crippen LogP contribution in [0.3, 0.4) is 0 Å². The van der Waals surface area contributed by atoms with Gasteiger partial charge in [-0.25, -0.2) is 0 Å². The number of rotatable bonds is 1. The van der Waals surface area contributed by atoms with Crippen molar-refractivity contribution >= 4 is 35.8 Å². The van der Waals surface area contributed by atoms with Gasteiger partial charge < -0.3 is 0 Å². The number of hydrogen-bond donors (Lipinski definition) is 0. The molecule has 2 aromatic carbocycles. The minimum atomic E-state index is 0.101. The first kappa shape index (κ1) is 11.7. The first-order chi connectivity index (χ1) is 8.74. The number of hydrogen-bond acceptors (Lipinski definition) is 1. The third-order valence-corrected chi connectivity index (χ3v) is 5.43. The van der Waals surface area contributed by atoms with E-state index in [4.69, 9.17) is 11.6 Å². The molecule has 3 aromatic rings. The van der Waals surface area contributed by atoms with Gasteiger partial charge in [-0.05, 0) is 0 Å². The number of halogens is 1. The van der Waals surface area contributed by atoms with Gasteiger partial charge in [-0.3, -0.25) is 0 Å². The summed E-state index contributed by atoms with van der Waals surface area (Å²) in [6.45, 7) is 0. The maximum atomic E-state index is 12.0. The van der Waals surface area contributed by atoms with E-state index in [9.17, 15) is 4.79 Å². The third-order valence-electron chi connectivity index (χ3n) is 2.76. The van der Waals surface area contributed by atoms with Crippen molar-refractivity contribution in [3.8, 4) is 10.0 Å². The fourth-order valence-electron chi connectivity index (χ4n) is 1.86. The molecule has 0 fully saturated rings. The Morgan fingerprint density at radius 1 is 0.944 bits per heavy atom. The summed E-state index contributed by atoms with van der Waals surface area (Å²) in [7, 11) is 0. The summed E-state index contributed by atoms with van der Waals surface area (Å²) < 4.78 is 2.27. The molecule has 0 radical (unpaired) electrons. The van der Waals surface area contributed by atoms with Crippen molar-refractivity contribution in [2.24, 2.45) is 0 Å². The van der Waals surface area contributed by atoms with Crippen molar-refractivity contribution in [1.29, 1.82) is 0 Å². The van der Waals surface area contributed by atoms with Crippen LogP contribution >= 0.6 is 11.6 Å². The molecule has 3 rings (SSSR count). The summed E-state index contributed by atoms with van der Waals surface area (Å²) in [6.07, 6.45) is 0. The van der Waals surface area contributed by atoms with E-state index in [-0.39, 0.29) is 19.9 Å². The SMILES string of the molecule is O=c1cc(-c2ccc(Cl)cc2)[se]c2ccccc12. The normalized spacial score (nSPS) is 10.7. The molecule has 0 aliphatic rings. The van der Waals surface area contributed by atoms with Gasteiger partial charge in [-0.2, -0.15) is 0 Å². The van der Waals surface area contributed by atoms with Crippen LogP contribution < -0.4 is 5.43 Å². The third kappa shape index (κ3) is 2.15. The van der Waals surface area contributed by atoms with E-state index in [1.54, 1.807) is 6.07 Å². The van der Waals surface area contributed by atoms with Crippen LogP contribution in [0, 0.1) is 0 Å². The van der Waals surface area contributed by atoms with Gasteiger partial charge in [0, 0.05) is 0 Å².